The minimum atomic E-state index is -0.161. The van der Waals surface area contributed by atoms with Gasteiger partial charge in [-0.15, -0.1) is 0 Å². The molecule has 19 heavy (non-hydrogen) atoms. The highest BCUT2D eigenvalue weighted by Crippen LogP contribution is 2.19. The normalized spacial score (nSPS) is 14.0. The molecule has 0 spiro atoms. The number of urea groups is 1. The SMILES string of the molecule is Cc1ccc(C#CCN)c(NC(=O)NC2CCC2)c1. The molecule has 0 aliphatic heterocycles. The maximum absolute atomic E-state index is 11.9. The first-order valence-electron chi connectivity index (χ1n) is 6.56. The van der Waals surface area contributed by atoms with E-state index in [1.54, 1.807) is 0 Å². The Morgan fingerprint density at radius 3 is 2.89 bits per heavy atom. The summed E-state index contributed by atoms with van der Waals surface area (Å²) in [5, 5.41) is 5.81. The van der Waals surface area contributed by atoms with Gasteiger partial charge in [0.05, 0.1) is 12.2 Å². The van der Waals surface area contributed by atoms with E-state index in [0.29, 0.717) is 12.6 Å². The van der Waals surface area contributed by atoms with Gasteiger partial charge in [-0.1, -0.05) is 17.9 Å². The second-order valence-electron chi connectivity index (χ2n) is 4.78. The van der Waals surface area contributed by atoms with E-state index in [0.717, 1.165) is 29.7 Å². The fourth-order valence-corrected chi connectivity index (χ4v) is 1.91. The summed E-state index contributed by atoms with van der Waals surface area (Å²) in [5.41, 5.74) is 7.98. The fraction of sp³-hybridized carbons (Fsp3) is 0.400. The van der Waals surface area contributed by atoms with Gasteiger partial charge in [0.2, 0.25) is 0 Å². The second-order valence-corrected chi connectivity index (χ2v) is 4.78. The average molecular weight is 257 g/mol. The van der Waals surface area contributed by atoms with Gasteiger partial charge < -0.3 is 16.4 Å². The molecule has 0 saturated heterocycles. The van der Waals surface area contributed by atoms with E-state index in [2.05, 4.69) is 22.5 Å². The topological polar surface area (TPSA) is 67.1 Å². The average Bonchev–Trinajstić information content (AvgIpc) is 2.33. The summed E-state index contributed by atoms with van der Waals surface area (Å²) in [6.45, 7) is 2.29. The summed E-state index contributed by atoms with van der Waals surface area (Å²) in [4.78, 5) is 11.9. The number of amides is 2. The van der Waals surface area contributed by atoms with Crippen LogP contribution in [-0.2, 0) is 0 Å². The van der Waals surface area contributed by atoms with Gasteiger partial charge in [-0.05, 0) is 43.9 Å². The van der Waals surface area contributed by atoms with Crippen LogP contribution in [0.2, 0.25) is 0 Å². The molecule has 0 radical (unpaired) electrons. The maximum Gasteiger partial charge on any atom is 0.319 e. The molecule has 0 unspecified atom stereocenters. The molecule has 1 aromatic carbocycles. The van der Waals surface area contributed by atoms with E-state index in [1.165, 1.54) is 6.42 Å². The van der Waals surface area contributed by atoms with Crippen LogP contribution >= 0.6 is 0 Å². The van der Waals surface area contributed by atoms with Crippen LogP contribution in [0.25, 0.3) is 0 Å². The molecule has 4 heteroatoms. The van der Waals surface area contributed by atoms with E-state index in [9.17, 15) is 4.79 Å². The lowest BCUT2D eigenvalue weighted by atomic mass is 9.93. The largest absolute Gasteiger partial charge is 0.335 e. The third-order valence-electron chi connectivity index (χ3n) is 3.19. The van der Waals surface area contributed by atoms with Crippen LogP contribution in [0.4, 0.5) is 10.5 Å². The predicted molar refractivity (Wildman–Crippen MR) is 76.9 cm³/mol. The Bertz CT molecular complexity index is 524. The first-order chi connectivity index (χ1) is 9.19. The van der Waals surface area contributed by atoms with Gasteiger partial charge in [0.15, 0.2) is 0 Å². The van der Waals surface area contributed by atoms with E-state index in [1.807, 2.05) is 25.1 Å². The van der Waals surface area contributed by atoms with Gasteiger partial charge in [0.25, 0.3) is 0 Å². The van der Waals surface area contributed by atoms with Crippen LogP contribution in [0.1, 0.15) is 30.4 Å². The minimum absolute atomic E-state index is 0.161. The van der Waals surface area contributed by atoms with E-state index >= 15 is 0 Å². The third-order valence-corrected chi connectivity index (χ3v) is 3.19. The summed E-state index contributed by atoms with van der Waals surface area (Å²) >= 11 is 0. The fourth-order valence-electron chi connectivity index (χ4n) is 1.91. The van der Waals surface area contributed by atoms with Gasteiger partial charge in [-0.2, -0.15) is 0 Å². The van der Waals surface area contributed by atoms with Crippen molar-refractivity contribution in [2.24, 2.45) is 5.73 Å². The van der Waals surface area contributed by atoms with Crippen molar-refractivity contribution in [2.75, 3.05) is 11.9 Å². The van der Waals surface area contributed by atoms with E-state index < -0.39 is 0 Å². The Kier molecular flexibility index (Phi) is 4.43. The van der Waals surface area contributed by atoms with Crippen molar-refractivity contribution in [3.8, 4) is 11.8 Å². The van der Waals surface area contributed by atoms with Gasteiger partial charge in [0, 0.05) is 11.6 Å². The third kappa shape index (κ3) is 3.73. The van der Waals surface area contributed by atoms with E-state index in [4.69, 9.17) is 5.73 Å². The summed E-state index contributed by atoms with van der Waals surface area (Å²) in [7, 11) is 0. The highest BCUT2D eigenvalue weighted by atomic mass is 16.2. The molecule has 0 aromatic heterocycles. The first-order valence-corrected chi connectivity index (χ1v) is 6.56. The van der Waals surface area contributed by atoms with Crippen LogP contribution in [0, 0.1) is 18.8 Å². The Hall–Kier alpha value is -1.99. The number of hydrogen-bond acceptors (Lipinski definition) is 2. The molecule has 2 amide bonds. The molecule has 4 nitrogen and oxygen atoms in total. The smallest absolute Gasteiger partial charge is 0.319 e. The van der Waals surface area contributed by atoms with Crippen molar-refractivity contribution < 1.29 is 4.79 Å². The van der Waals surface area contributed by atoms with Crippen LogP contribution in [0.3, 0.4) is 0 Å². The summed E-state index contributed by atoms with van der Waals surface area (Å²) in [6, 6.07) is 5.95. The van der Waals surface area contributed by atoms with Crippen molar-refractivity contribution in [3.63, 3.8) is 0 Å². The Balaban J connectivity index is 2.08. The highest BCUT2D eigenvalue weighted by molar-refractivity contribution is 5.91. The van der Waals surface area contributed by atoms with Gasteiger partial charge in [-0.3, -0.25) is 0 Å². The molecule has 1 aliphatic rings. The van der Waals surface area contributed by atoms with Gasteiger partial charge in [0.1, 0.15) is 0 Å². The molecule has 1 saturated carbocycles. The van der Waals surface area contributed by atoms with Crippen LogP contribution in [-0.4, -0.2) is 18.6 Å². The van der Waals surface area contributed by atoms with Crippen molar-refractivity contribution in [3.05, 3.63) is 29.3 Å². The number of carbonyl (C=O) groups excluding carboxylic acids is 1. The van der Waals surface area contributed by atoms with Crippen molar-refractivity contribution in [1.82, 2.24) is 5.32 Å². The summed E-state index contributed by atoms with van der Waals surface area (Å²) in [6.07, 6.45) is 3.34. The van der Waals surface area contributed by atoms with Gasteiger partial charge >= 0.3 is 6.03 Å². The van der Waals surface area contributed by atoms with E-state index in [-0.39, 0.29) is 6.03 Å². The number of anilines is 1. The summed E-state index contributed by atoms with van der Waals surface area (Å²) in [5.74, 6) is 5.78. The number of aryl methyl sites for hydroxylation is 1. The molecular weight excluding hydrogens is 238 g/mol. The molecule has 4 N–H and O–H groups in total. The lowest BCUT2D eigenvalue weighted by molar-refractivity contribution is 0.240. The number of hydrogen-bond donors (Lipinski definition) is 3. The van der Waals surface area contributed by atoms with Crippen molar-refractivity contribution in [2.45, 2.75) is 32.2 Å². The monoisotopic (exact) mass is 257 g/mol. The lowest BCUT2D eigenvalue weighted by Gasteiger charge is -2.26. The van der Waals surface area contributed by atoms with Crippen LogP contribution in [0.15, 0.2) is 18.2 Å². The van der Waals surface area contributed by atoms with Gasteiger partial charge in [-0.25, -0.2) is 4.79 Å². The number of rotatable bonds is 2. The molecule has 1 fully saturated rings. The zero-order chi connectivity index (χ0) is 13.7. The van der Waals surface area contributed by atoms with Crippen LogP contribution < -0.4 is 16.4 Å². The maximum atomic E-state index is 11.9. The number of nitrogens with one attached hydrogen (secondary N) is 2. The molecule has 100 valence electrons. The molecule has 0 heterocycles. The molecule has 1 aliphatic carbocycles. The Morgan fingerprint density at radius 1 is 1.47 bits per heavy atom. The molecule has 2 rings (SSSR count). The molecule has 1 aromatic rings. The molecular formula is C15H19N3O. The zero-order valence-corrected chi connectivity index (χ0v) is 11.1. The minimum Gasteiger partial charge on any atom is -0.335 e. The Morgan fingerprint density at radius 2 is 2.26 bits per heavy atom. The summed E-state index contributed by atoms with van der Waals surface area (Å²) < 4.78 is 0. The number of nitrogens with two attached hydrogens (primary N) is 1. The standard InChI is InChI=1S/C15H19N3O/c1-11-7-8-12(4-3-9-16)14(10-11)18-15(19)17-13-5-2-6-13/h7-8,10,13H,2,5-6,9,16H2,1H3,(H2,17,18,19). The van der Waals surface area contributed by atoms with Crippen molar-refractivity contribution >= 4 is 11.7 Å². The predicted octanol–water partition coefficient (Wildman–Crippen LogP) is 1.98. The van der Waals surface area contributed by atoms with Crippen molar-refractivity contribution in [1.29, 1.82) is 0 Å². The number of carbonyl (C=O) groups is 1. The van der Waals surface area contributed by atoms with Crippen LogP contribution in [0.5, 0.6) is 0 Å². The zero-order valence-electron chi connectivity index (χ0n) is 11.1. The lowest BCUT2D eigenvalue weighted by Crippen LogP contribution is -2.41. The highest BCUT2D eigenvalue weighted by Gasteiger charge is 2.19. The quantitative estimate of drug-likeness (QED) is 0.709. The number of benzene rings is 1. The second kappa shape index (κ2) is 6.26. The molecule has 0 bridgehead atoms. The first kappa shape index (κ1) is 13.4. The molecule has 0 atom stereocenters. The Labute approximate surface area is 113 Å².